The molecule has 0 bridgehead atoms. The Morgan fingerprint density at radius 1 is 1.29 bits per heavy atom. The van der Waals surface area contributed by atoms with Crippen LogP contribution in [0.25, 0.3) is 11.5 Å². The van der Waals surface area contributed by atoms with E-state index < -0.39 is 0 Å². The van der Waals surface area contributed by atoms with Crippen molar-refractivity contribution in [2.45, 2.75) is 53.0 Å². The molecule has 31 heavy (non-hydrogen) atoms. The molecular weight excluding hydrogens is 392 g/mol. The number of rotatable bonds is 8. The van der Waals surface area contributed by atoms with Crippen LogP contribution in [0, 0.1) is 5.92 Å². The van der Waals surface area contributed by atoms with Crippen LogP contribution in [0.3, 0.4) is 0 Å². The fourth-order valence-corrected chi connectivity index (χ4v) is 3.58. The van der Waals surface area contributed by atoms with Crippen molar-refractivity contribution >= 4 is 11.9 Å². The molecule has 2 heterocycles. The molecular formula is C23H34N6O2. The van der Waals surface area contributed by atoms with Crippen LogP contribution in [-0.4, -0.2) is 59.1 Å². The van der Waals surface area contributed by atoms with Gasteiger partial charge in [0.1, 0.15) is 0 Å². The fourth-order valence-electron chi connectivity index (χ4n) is 3.58. The minimum absolute atomic E-state index is 0.0422. The summed E-state index contributed by atoms with van der Waals surface area (Å²) in [4.78, 5) is 23.2. The van der Waals surface area contributed by atoms with Gasteiger partial charge in [0.25, 0.3) is 5.89 Å². The van der Waals surface area contributed by atoms with Gasteiger partial charge in [-0.05, 0) is 37.5 Å². The number of aliphatic imine (C=N–C) groups is 1. The minimum atomic E-state index is 0.0422. The predicted octanol–water partition coefficient (Wildman–Crippen LogP) is 2.65. The van der Waals surface area contributed by atoms with Gasteiger partial charge in [-0.2, -0.15) is 4.98 Å². The summed E-state index contributed by atoms with van der Waals surface area (Å²) in [7, 11) is 0. The van der Waals surface area contributed by atoms with Crippen LogP contribution in [0.5, 0.6) is 0 Å². The molecule has 168 valence electrons. The zero-order valence-corrected chi connectivity index (χ0v) is 19.0. The normalized spacial score (nSPS) is 16.7. The molecule has 1 aromatic heterocycles. The largest absolute Gasteiger partial charge is 0.357 e. The molecule has 0 radical (unpaired) electrons. The van der Waals surface area contributed by atoms with Crippen LogP contribution < -0.4 is 10.6 Å². The van der Waals surface area contributed by atoms with Crippen LogP contribution in [0.1, 0.15) is 45.5 Å². The highest BCUT2D eigenvalue weighted by Crippen LogP contribution is 2.18. The van der Waals surface area contributed by atoms with E-state index in [0.717, 1.165) is 56.2 Å². The van der Waals surface area contributed by atoms with E-state index in [1.807, 2.05) is 37.8 Å². The third kappa shape index (κ3) is 6.29. The van der Waals surface area contributed by atoms with Gasteiger partial charge in [0.05, 0.1) is 0 Å². The fraction of sp³-hybridized carbons (Fsp3) is 0.565. The molecule has 1 atom stereocenters. The second kappa shape index (κ2) is 10.9. The third-order valence-electron chi connectivity index (χ3n) is 5.33. The molecule has 8 nitrogen and oxygen atoms in total. The van der Waals surface area contributed by atoms with Gasteiger partial charge in [-0.15, -0.1) is 0 Å². The maximum Gasteiger partial charge on any atom is 0.257 e. The topological polar surface area (TPSA) is 95.7 Å². The lowest BCUT2D eigenvalue weighted by atomic mass is 10.1. The maximum atomic E-state index is 12.2. The number of aromatic nitrogens is 2. The van der Waals surface area contributed by atoms with E-state index in [1.165, 1.54) is 5.56 Å². The van der Waals surface area contributed by atoms with Crippen LogP contribution in [0.2, 0.25) is 0 Å². The maximum absolute atomic E-state index is 12.2. The van der Waals surface area contributed by atoms with Crippen molar-refractivity contribution in [3.63, 3.8) is 0 Å². The lowest BCUT2D eigenvalue weighted by molar-refractivity contribution is -0.133. The number of benzene rings is 1. The van der Waals surface area contributed by atoms with Crippen molar-refractivity contribution in [1.82, 2.24) is 25.7 Å². The zero-order chi connectivity index (χ0) is 22.2. The molecule has 3 rings (SSSR count). The quantitative estimate of drug-likeness (QED) is 0.498. The summed E-state index contributed by atoms with van der Waals surface area (Å²) in [5.74, 6) is 2.35. The molecule has 2 N–H and O–H groups in total. The summed E-state index contributed by atoms with van der Waals surface area (Å²) in [6.07, 6.45) is 2.54. The highest BCUT2D eigenvalue weighted by atomic mass is 16.5. The smallest absolute Gasteiger partial charge is 0.257 e. The van der Waals surface area contributed by atoms with E-state index in [4.69, 9.17) is 9.52 Å². The summed E-state index contributed by atoms with van der Waals surface area (Å²) in [6, 6.07) is 8.41. The number of hydrogen-bond donors (Lipinski definition) is 2. The molecule has 1 aliphatic rings. The van der Waals surface area contributed by atoms with Crippen LogP contribution >= 0.6 is 0 Å². The molecule has 1 aliphatic heterocycles. The zero-order valence-electron chi connectivity index (χ0n) is 19.0. The standard InChI is InChI=1S/C23H34N6O2/c1-5-20-27-21(31-28-20)18-9-7-17(8-10-18)11-13-25-23(24-6-2)26-19-12-14-29(15-19)22(30)16(3)4/h7-10,16,19H,5-6,11-15H2,1-4H3,(H2,24,25,26). The number of aryl methyl sites for hydroxylation is 1. The van der Waals surface area contributed by atoms with E-state index in [9.17, 15) is 4.79 Å². The average molecular weight is 427 g/mol. The Balaban J connectivity index is 1.52. The SMILES string of the molecule is CCNC(=NCCc1ccc(-c2nc(CC)no2)cc1)NC1CCN(C(=O)C(C)C)C1. The van der Waals surface area contributed by atoms with Gasteiger partial charge in [0.15, 0.2) is 11.8 Å². The Kier molecular flexibility index (Phi) is 8.03. The van der Waals surface area contributed by atoms with Crippen LogP contribution in [-0.2, 0) is 17.6 Å². The Morgan fingerprint density at radius 3 is 2.71 bits per heavy atom. The molecule has 1 fully saturated rings. The number of nitrogens with one attached hydrogen (secondary N) is 2. The van der Waals surface area contributed by atoms with E-state index >= 15 is 0 Å². The van der Waals surface area contributed by atoms with Gasteiger partial charge in [0, 0.05) is 50.1 Å². The van der Waals surface area contributed by atoms with Gasteiger partial charge >= 0.3 is 0 Å². The second-order valence-electron chi connectivity index (χ2n) is 8.15. The van der Waals surface area contributed by atoms with Crippen LogP contribution in [0.4, 0.5) is 0 Å². The van der Waals surface area contributed by atoms with Gasteiger partial charge in [0.2, 0.25) is 5.91 Å². The number of carbonyl (C=O) groups is 1. The summed E-state index contributed by atoms with van der Waals surface area (Å²) < 4.78 is 5.30. The second-order valence-corrected chi connectivity index (χ2v) is 8.15. The minimum Gasteiger partial charge on any atom is -0.357 e. The number of amides is 1. The van der Waals surface area contributed by atoms with Crippen molar-refractivity contribution in [1.29, 1.82) is 0 Å². The lowest BCUT2D eigenvalue weighted by Gasteiger charge is -2.20. The molecule has 1 amide bonds. The Labute approximate surface area is 184 Å². The first-order chi connectivity index (χ1) is 15.0. The molecule has 8 heteroatoms. The number of guanidine groups is 1. The highest BCUT2D eigenvalue weighted by molar-refractivity contribution is 5.81. The number of likely N-dealkylation sites (tertiary alicyclic amines) is 1. The van der Waals surface area contributed by atoms with Gasteiger partial charge in [-0.3, -0.25) is 9.79 Å². The first kappa shape index (κ1) is 22.8. The van der Waals surface area contributed by atoms with Gasteiger partial charge < -0.3 is 20.1 Å². The lowest BCUT2D eigenvalue weighted by Crippen LogP contribution is -2.45. The number of nitrogens with zero attached hydrogens (tertiary/aromatic N) is 4. The van der Waals surface area contributed by atoms with E-state index in [-0.39, 0.29) is 17.9 Å². The number of hydrogen-bond acceptors (Lipinski definition) is 5. The molecule has 0 spiro atoms. The van der Waals surface area contributed by atoms with Crippen molar-refractivity contribution in [2.24, 2.45) is 10.9 Å². The van der Waals surface area contributed by atoms with Gasteiger partial charge in [-0.1, -0.05) is 38.1 Å². The van der Waals surface area contributed by atoms with Crippen molar-refractivity contribution < 1.29 is 9.32 Å². The monoisotopic (exact) mass is 426 g/mol. The van der Waals surface area contributed by atoms with Gasteiger partial charge in [-0.25, -0.2) is 0 Å². The highest BCUT2D eigenvalue weighted by Gasteiger charge is 2.27. The Hall–Kier alpha value is -2.90. The molecule has 1 aromatic carbocycles. The Bertz CT molecular complexity index is 874. The summed E-state index contributed by atoms with van der Waals surface area (Å²) in [5, 5.41) is 10.7. The number of carbonyl (C=O) groups excluding carboxylic acids is 1. The first-order valence-electron chi connectivity index (χ1n) is 11.3. The molecule has 0 aliphatic carbocycles. The molecule has 1 saturated heterocycles. The Morgan fingerprint density at radius 2 is 2.06 bits per heavy atom. The molecule has 1 unspecified atom stereocenters. The van der Waals surface area contributed by atoms with E-state index in [0.29, 0.717) is 12.4 Å². The summed E-state index contributed by atoms with van der Waals surface area (Å²) >= 11 is 0. The van der Waals surface area contributed by atoms with E-state index in [2.05, 4.69) is 39.8 Å². The predicted molar refractivity (Wildman–Crippen MR) is 122 cm³/mol. The van der Waals surface area contributed by atoms with Crippen molar-refractivity contribution in [3.05, 3.63) is 35.7 Å². The average Bonchev–Trinajstić information content (AvgIpc) is 3.43. The van der Waals surface area contributed by atoms with Crippen molar-refractivity contribution in [3.8, 4) is 11.5 Å². The first-order valence-corrected chi connectivity index (χ1v) is 11.3. The third-order valence-corrected chi connectivity index (χ3v) is 5.33. The van der Waals surface area contributed by atoms with E-state index in [1.54, 1.807) is 0 Å². The molecule has 2 aromatic rings. The molecule has 0 saturated carbocycles. The van der Waals surface area contributed by atoms with Crippen molar-refractivity contribution in [2.75, 3.05) is 26.2 Å². The summed E-state index contributed by atoms with van der Waals surface area (Å²) in [5.41, 5.74) is 2.13. The van der Waals surface area contributed by atoms with Crippen LogP contribution in [0.15, 0.2) is 33.8 Å². The summed E-state index contributed by atoms with van der Waals surface area (Å²) in [6.45, 7) is 11.0.